The molecule has 0 aliphatic carbocycles. The molecule has 27 heavy (non-hydrogen) atoms. The zero-order chi connectivity index (χ0) is 19.6. The Morgan fingerprint density at radius 2 is 1.81 bits per heavy atom. The number of aliphatic hydroxyl groups excluding tert-OH is 1. The fraction of sp³-hybridized carbons (Fsp3) is 0.318. The van der Waals surface area contributed by atoms with Crippen LogP contribution >= 0.6 is 0 Å². The third-order valence-electron chi connectivity index (χ3n) is 4.32. The summed E-state index contributed by atoms with van der Waals surface area (Å²) in [5.74, 6) is 1.28. The Bertz CT molecular complexity index is 758. The first kappa shape index (κ1) is 20.7. The van der Waals surface area contributed by atoms with Gasteiger partial charge >= 0.3 is 0 Å². The second kappa shape index (κ2) is 10.5. The first-order valence-corrected chi connectivity index (χ1v) is 8.94. The van der Waals surface area contributed by atoms with Crippen LogP contribution in [0.15, 0.2) is 54.6 Å². The highest BCUT2D eigenvalue weighted by molar-refractivity contribution is 5.93. The molecule has 0 aliphatic rings. The summed E-state index contributed by atoms with van der Waals surface area (Å²) >= 11 is 0. The van der Waals surface area contributed by atoms with Crippen LogP contribution in [0.5, 0.6) is 11.5 Å². The standard InChI is InChI=1S/C22H27NO4/c1-16(22(25)18-7-5-4-6-8-18)23-14-13-19(24)11-9-17-10-12-20(26-2)21(15-17)27-3/h4-12,15-16,22-23,25H,13-14H2,1-3H3/b11-9+. The van der Waals surface area contributed by atoms with Crippen molar-refractivity contribution >= 4 is 11.9 Å². The average molecular weight is 369 g/mol. The minimum absolute atomic E-state index is 0.0127. The Kier molecular flexibility index (Phi) is 8.04. The van der Waals surface area contributed by atoms with Crippen molar-refractivity contribution in [2.45, 2.75) is 25.5 Å². The van der Waals surface area contributed by atoms with Crippen molar-refractivity contribution in [3.8, 4) is 11.5 Å². The highest BCUT2D eigenvalue weighted by Gasteiger charge is 2.15. The molecule has 0 spiro atoms. The molecule has 0 saturated heterocycles. The number of ether oxygens (including phenoxy) is 2. The van der Waals surface area contributed by atoms with Gasteiger partial charge in [-0.1, -0.05) is 42.5 Å². The summed E-state index contributed by atoms with van der Waals surface area (Å²) in [6, 6.07) is 14.8. The molecule has 5 heteroatoms. The Morgan fingerprint density at radius 3 is 2.48 bits per heavy atom. The fourth-order valence-corrected chi connectivity index (χ4v) is 2.70. The molecule has 5 nitrogen and oxygen atoms in total. The minimum Gasteiger partial charge on any atom is -0.493 e. The molecule has 0 aliphatic heterocycles. The average Bonchev–Trinajstić information content (AvgIpc) is 2.71. The maximum Gasteiger partial charge on any atom is 0.161 e. The molecule has 0 aromatic heterocycles. The zero-order valence-corrected chi connectivity index (χ0v) is 16.0. The zero-order valence-electron chi connectivity index (χ0n) is 16.0. The lowest BCUT2D eigenvalue weighted by atomic mass is 10.0. The summed E-state index contributed by atoms with van der Waals surface area (Å²) < 4.78 is 10.5. The molecular weight excluding hydrogens is 342 g/mol. The molecule has 144 valence electrons. The molecule has 2 unspecified atom stereocenters. The molecule has 0 fully saturated rings. The molecule has 0 heterocycles. The summed E-state index contributed by atoms with van der Waals surface area (Å²) in [5.41, 5.74) is 1.72. The van der Waals surface area contributed by atoms with Crippen LogP contribution in [0.25, 0.3) is 6.08 Å². The van der Waals surface area contributed by atoms with Crippen molar-refractivity contribution in [1.82, 2.24) is 5.32 Å². The number of benzene rings is 2. The van der Waals surface area contributed by atoms with Crippen molar-refractivity contribution in [2.24, 2.45) is 0 Å². The van der Waals surface area contributed by atoms with Gasteiger partial charge in [0.1, 0.15) is 0 Å². The predicted molar refractivity (Wildman–Crippen MR) is 107 cm³/mol. The van der Waals surface area contributed by atoms with Gasteiger partial charge < -0.3 is 19.9 Å². The molecule has 0 saturated carbocycles. The lowest BCUT2D eigenvalue weighted by Crippen LogP contribution is -2.33. The summed E-state index contributed by atoms with van der Waals surface area (Å²) in [5, 5.41) is 13.5. The number of ketones is 1. The monoisotopic (exact) mass is 369 g/mol. The first-order valence-electron chi connectivity index (χ1n) is 8.94. The minimum atomic E-state index is -0.608. The quantitative estimate of drug-likeness (QED) is 0.629. The van der Waals surface area contributed by atoms with E-state index in [0.717, 1.165) is 11.1 Å². The summed E-state index contributed by atoms with van der Waals surface area (Å²) in [7, 11) is 3.16. The molecule has 2 aromatic rings. The number of carbonyl (C=O) groups excluding carboxylic acids is 1. The van der Waals surface area contributed by atoms with Crippen LogP contribution in [0, 0.1) is 0 Å². The summed E-state index contributed by atoms with van der Waals surface area (Å²) in [4.78, 5) is 12.1. The molecule has 0 amide bonds. The second-order valence-corrected chi connectivity index (χ2v) is 6.26. The summed E-state index contributed by atoms with van der Waals surface area (Å²) in [6.07, 6.45) is 3.06. The number of carbonyl (C=O) groups is 1. The maximum absolute atomic E-state index is 12.1. The third-order valence-corrected chi connectivity index (χ3v) is 4.32. The van der Waals surface area contributed by atoms with Gasteiger partial charge in [0, 0.05) is 19.0 Å². The molecule has 0 bridgehead atoms. The van der Waals surface area contributed by atoms with Crippen LogP contribution in [-0.4, -0.2) is 37.7 Å². The van der Waals surface area contributed by atoms with Crippen LogP contribution in [-0.2, 0) is 4.79 Å². The smallest absolute Gasteiger partial charge is 0.161 e. The normalized spacial score (nSPS) is 13.3. The van der Waals surface area contributed by atoms with Crippen molar-refractivity contribution in [3.05, 3.63) is 65.7 Å². The van der Waals surface area contributed by atoms with Crippen molar-refractivity contribution in [2.75, 3.05) is 20.8 Å². The van der Waals surface area contributed by atoms with E-state index in [9.17, 15) is 9.90 Å². The Morgan fingerprint density at radius 1 is 1.11 bits per heavy atom. The second-order valence-electron chi connectivity index (χ2n) is 6.26. The lowest BCUT2D eigenvalue weighted by Gasteiger charge is -2.20. The van der Waals surface area contributed by atoms with E-state index in [-0.39, 0.29) is 11.8 Å². The van der Waals surface area contributed by atoms with Gasteiger partial charge in [0.15, 0.2) is 17.3 Å². The van der Waals surface area contributed by atoms with E-state index in [2.05, 4.69) is 5.32 Å². The topological polar surface area (TPSA) is 67.8 Å². The van der Waals surface area contributed by atoms with E-state index >= 15 is 0 Å². The number of hydrogen-bond acceptors (Lipinski definition) is 5. The molecule has 0 radical (unpaired) electrons. The first-order chi connectivity index (χ1) is 13.0. The van der Waals surface area contributed by atoms with Crippen molar-refractivity contribution < 1.29 is 19.4 Å². The molecule has 2 aromatic carbocycles. The summed E-state index contributed by atoms with van der Waals surface area (Å²) in [6.45, 7) is 2.40. The Labute approximate surface area is 160 Å². The number of aliphatic hydroxyl groups is 1. The number of methoxy groups -OCH3 is 2. The van der Waals surface area contributed by atoms with Crippen LogP contribution in [0.3, 0.4) is 0 Å². The van der Waals surface area contributed by atoms with E-state index in [1.165, 1.54) is 0 Å². The largest absolute Gasteiger partial charge is 0.493 e. The molecule has 2 N–H and O–H groups in total. The van der Waals surface area contributed by atoms with E-state index in [1.807, 2.05) is 49.4 Å². The lowest BCUT2D eigenvalue weighted by molar-refractivity contribution is -0.114. The van der Waals surface area contributed by atoms with Gasteiger partial charge in [-0.3, -0.25) is 4.79 Å². The van der Waals surface area contributed by atoms with Gasteiger partial charge in [0.2, 0.25) is 0 Å². The third kappa shape index (κ3) is 6.24. The van der Waals surface area contributed by atoms with Gasteiger partial charge in [-0.15, -0.1) is 0 Å². The van der Waals surface area contributed by atoms with Gasteiger partial charge in [0.25, 0.3) is 0 Å². The van der Waals surface area contributed by atoms with Gasteiger partial charge in [-0.25, -0.2) is 0 Å². The van der Waals surface area contributed by atoms with Crippen LogP contribution in [0.2, 0.25) is 0 Å². The number of hydrogen-bond donors (Lipinski definition) is 2. The SMILES string of the molecule is COc1ccc(/C=C/C(=O)CCNC(C)C(O)c2ccccc2)cc1OC. The van der Waals surface area contributed by atoms with E-state index in [4.69, 9.17) is 9.47 Å². The maximum atomic E-state index is 12.1. The molecular formula is C22H27NO4. The van der Waals surface area contributed by atoms with Crippen LogP contribution < -0.4 is 14.8 Å². The molecule has 2 atom stereocenters. The van der Waals surface area contributed by atoms with Gasteiger partial charge in [0.05, 0.1) is 20.3 Å². The molecule has 2 rings (SSSR count). The van der Waals surface area contributed by atoms with E-state index < -0.39 is 6.10 Å². The fourth-order valence-electron chi connectivity index (χ4n) is 2.70. The Hall–Kier alpha value is -2.63. The number of rotatable bonds is 10. The van der Waals surface area contributed by atoms with E-state index in [0.29, 0.717) is 24.5 Å². The Balaban J connectivity index is 1.81. The van der Waals surface area contributed by atoms with E-state index in [1.54, 1.807) is 32.4 Å². The van der Waals surface area contributed by atoms with Crippen molar-refractivity contribution in [3.63, 3.8) is 0 Å². The van der Waals surface area contributed by atoms with Gasteiger partial charge in [-0.2, -0.15) is 0 Å². The van der Waals surface area contributed by atoms with Crippen LogP contribution in [0.1, 0.15) is 30.6 Å². The van der Waals surface area contributed by atoms with Gasteiger partial charge in [-0.05, 0) is 36.3 Å². The van der Waals surface area contributed by atoms with Crippen LogP contribution in [0.4, 0.5) is 0 Å². The number of allylic oxidation sites excluding steroid dienone is 1. The number of nitrogens with one attached hydrogen (secondary N) is 1. The highest BCUT2D eigenvalue weighted by atomic mass is 16.5. The predicted octanol–water partition coefficient (Wildman–Crippen LogP) is 3.39. The van der Waals surface area contributed by atoms with Crippen molar-refractivity contribution in [1.29, 1.82) is 0 Å². The highest BCUT2D eigenvalue weighted by Crippen LogP contribution is 2.28.